The Hall–Kier alpha value is -2.45. The number of hydrogen-bond acceptors (Lipinski definition) is 6. The molecule has 2 atom stereocenters. The molecule has 3 aliphatic heterocycles. The number of nitrogens with one attached hydrogen (secondary N) is 1. The number of benzene rings is 1. The van der Waals surface area contributed by atoms with Crippen LogP contribution in [0.2, 0.25) is 0 Å². The number of nitrogens with zero attached hydrogens (tertiary/aromatic N) is 2. The van der Waals surface area contributed by atoms with E-state index in [1.165, 1.54) is 5.56 Å². The van der Waals surface area contributed by atoms with Gasteiger partial charge in [-0.25, -0.2) is 4.79 Å². The van der Waals surface area contributed by atoms with Crippen molar-refractivity contribution in [1.29, 1.82) is 0 Å². The minimum atomic E-state index is -0.493. The van der Waals surface area contributed by atoms with Crippen molar-refractivity contribution >= 4 is 17.9 Å². The molecule has 1 N–H and O–H groups in total. The van der Waals surface area contributed by atoms with E-state index < -0.39 is 5.60 Å². The van der Waals surface area contributed by atoms with Crippen LogP contribution in [0.15, 0.2) is 24.3 Å². The van der Waals surface area contributed by atoms with Gasteiger partial charge in [-0.1, -0.05) is 24.3 Å². The van der Waals surface area contributed by atoms with E-state index >= 15 is 0 Å². The summed E-state index contributed by atoms with van der Waals surface area (Å²) in [5.41, 5.74) is 1.79. The summed E-state index contributed by atoms with van der Waals surface area (Å²) in [7, 11) is 0. The zero-order valence-corrected chi connectivity index (χ0v) is 20.5. The van der Waals surface area contributed by atoms with Gasteiger partial charge in [0, 0.05) is 19.5 Å². The van der Waals surface area contributed by atoms with Gasteiger partial charge in [0.1, 0.15) is 5.60 Å². The van der Waals surface area contributed by atoms with E-state index in [2.05, 4.69) is 22.3 Å². The van der Waals surface area contributed by atoms with Crippen molar-refractivity contribution in [3.8, 4) is 0 Å². The molecule has 3 saturated heterocycles. The van der Waals surface area contributed by atoms with Gasteiger partial charge >= 0.3 is 6.09 Å². The highest BCUT2D eigenvalue weighted by atomic mass is 16.6. The van der Waals surface area contributed by atoms with Gasteiger partial charge in [-0.3, -0.25) is 14.9 Å². The Balaban J connectivity index is 1.24. The number of likely N-dealkylation sites (tertiary alicyclic amines) is 1. The molecular formula is C26H37N3O5. The molecule has 0 spiro atoms. The second-order valence-electron chi connectivity index (χ2n) is 10.7. The largest absolute Gasteiger partial charge is 0.444 e. The molecule has 3 fully saturated rings. The molecule has 0 bridgehead atoms. The molecule has 3 heterocycles. The lowest BCUT2D eigenvalue weighted by molar-refractivity contribution is -0.134. The van der Waals surface area contributed by atoms with Crippen LogP contribution in [0, 0.1) is 0 Å². The zero-order chi connectivity index (χ0) is 24.3. The summed E-state index contributed by atoms with van der Waals surface area (Å²) in [6.07, 6.45) is 2.86. The molecule has 34 heavy (non-hydrogen) atoms. The number of carbonyl (C=O) groups excluding carboxylic acids is 3. The topological polar surface area (TPSA) is 88.2 Å². The van der Waals surface area contributed by atoms with E-state index in [4.69, 9.17) is 9.47 Å². The van der Waals surface area contributed by atoms with E-state index in [0.29, 0.717) is 38.5 Å². The van der Waals surface area contributed by atoms with Gasteiger partial charge < -0.3 is 19.3 Å². The summed E-state index contributed by atoms with van der Waals surface area (Å²) < 4.78 is 11.5. The lowest BCUT2D eigenvalue weighted by Gasteiger charge is -2.38. The Morgan fingerprint density at radius 2 is 1.74 bits per heavy atom. The van der Waals surface area contributed by atoms with Gasteiger partial charge in [-0.2, -0.15) is 0 Å². The molecule has 3 amide bonds. The summed E-state index contributed by atoms with van der Waals surface area (Å²) >= 11 is 0. The van der Waals surface area contributed by atoms with Crippen LogP contribution in [0.4, 0.5) is 4.79 Å². The van der Waals surface area contributed by atoms with Crippen LogP contribution in [-0.4, -0.2) is 78.7 Å². The normalized spacial score (nSPS) is 25.2. The monoisotopic (exact) mass is 471 g/mol. The van der Waals surface area contributed by atoms with E-state index in [0.717, 1.165) is 38.0 Å². The molecule has 8 nitrogen and oxygen atoms in total. The molecule has 0 radical (unpaired) electrons. The molecule has 8 heteroatoms. The Morgan fingerprint density at radius 1 is 1.06 bits per heavy atom. The molecule has 0 aromatic heterocycles. The number of rotatable bonds is 4. The lowest BCUT2D eigenvalue weighted by atomic mass is 9.86. The molecule has 0 saturated carbocycles. The third kappa shape index (κ3) is 6.36. The maximum absolute atomic E-state index is 12.4. The van der Waals surface area contributed by atoms with E-state index in [1.807, 2.05) is 32.9 Å². The standard InChI is InChI=1S/C26H37N3O5/c1-26(2,3)34-25(32)29-14-15-33-21(17-29)16-28-12-10-19(11-13-28)18-4-6-20(7-5-18)22-8-9-23(30)27-24(22)31/h4-7,19,21-22H,8-17H2,1-3H3,(H,27,30,31)/t21-,22?/m1/s1. The predicted octanol–water partition coefficient (Wildman–Crippen LogP) is 3.02. The maximum atomic E-state index is 12.4. The number of piperidine rings is 2. The first-order valence-corrected chi connectivity index (χ1v) is 12.4. The summed E-state index contributed by atoms with van der Waals surface area (Å²) in [5, 5.41) is 2.44. The van der Waals surface area contributed by atoms with Crippen LogP contribution >= 0.6 is 0 Å². The first-order valence-electron chi connectivity index (χ1n) is 12.4. The minimum Gasteiger partial charge on any atom is -0.444 e. The number of imide groups is 1. The van der Waals surface area contributed by atoms with Crippen molar-refractivity contribution in [2.24, 2.45) is 0 Å². The highest BCUT2D eigenvalue weighted by Crippen LogP contribution is 2.31. The van der Waals surface area contributed by atoms with Crippen molar-refractivity contribution in [3.63, 3.8) is 0 Å². The Labute approximate surface area is 201 Å². The fourth-order valence-corrected chi connectivity index (χ4v) is 5.07. The number of morpholine rings is 1. The second-order valence-corrected chi connectivity index (χ2v) is 10.7. The van der Waals surface area contributed by atoms with Crippen molar-refractivity contribution < 1.29 is 23.9 Å². The highest BCUT2D eigenvalue weighted by molar-refractivity contribution is 6.00. The van der Waals surface area contributed by atoms with Crippen LogP contribution < -0.4 is 5.32 Å². The predicted molar refractivity (Wildman–Crippen MR) is 128 cm³/mol. The fraction of sp³-hybridized carbons (Fsp3) is 0.654. The minimum absolute atomic E-state index is 0.00521. The van der Waals surface area contributed by atoms with Gasteiger partial charge in [0.2, 0.25) is 11.8 Å². The maximum Gasteiger partial charge on any atom is 0.410 e. The fourth-order valence-electron chi connectivity index (χ4n) is 5.07. The van der Waals surface area contributed by atoms with E-state index in [-0.39, 0.29) is 29.9 Å². The SMILES string of the molecule is CC(C)(C)OC(=O)N1CCO[C@H](CN2CCC(c3ccc(C4CCC(=O)NC4=O)cc3)CC2)C1. The van der Waals surface area contributed by atoms with E-state index in [1.54, 1.807) is 4.90 Å². The second kappa shape index (κ2) is 10.4. The van der Waals surface area contributed by atoms with E-state index in [9.17, 15) is 14.4 Å². The Morgan fingerprint density at radius 3 is 2.38 bits per heavy atom. The Kier molecular flexibility index (Phi) is 7.57. The van der Waals surface area contributed by atoms with Gasteiger partial charge in [0.15, 0.2) is 0 Å². The highest BCUT2D eigenvalue weighted by Gasteiger charge is 2.31. The van der Waals surface area contributed by atoms with Crippen LogP contribution in [0.3, 0.4) is 0 Å². The first kappa shape index (κ1) is 24.7. The van der Waals surface area contributed by atoms with Crippen molar-refractivity contribution in [1.82, 2.24) is 15.1 Å². The van der Waals surface area contributed by atoms with Gasteiger partial charge in [0.05, 0.1) is 25.2 Å². The molecule has 1 aromatic carbocycles. The number of hydrogen-bond donors (Lipinski definition) is 1. The molecule has 3 aliphatic rings. The molecule has 1 aromatic rings. The number of amides is 3. The zero-order valence-electron chi connectivity index (χ0n) is 20.5. The third-order valence-corrected chi connectivity index (χ3v) is 6.89. The Bertz CT molecular complexity index is 887. The summed E-state index contributed by atoms with van der Waals surface area (Å²) in [6, 6.07) is 8.37. The third-order valence-electron chi connectivity index (χ3n) is 6.89. The summed E-state index contributed by atoms with van der Waals surface area (Å²) in [5.74, 6) is -0.102. The van der Waals surface area contributed by atoms with Gasteiger partial charge in [-0.05, 0) is 70.2 Å². The van der Waals surface area contributed by atoms with Gasteiger partial charge in [-0.15, -0.1) is 0 Å². The first-order chi connectivity index (χ1) is 16.2. The molecule has 4 rings (SSSR count). The molecule has 186 valence electrons. The molecule has 1 unspecified atom stereocenters. The summed E-state index contributed by atoms with van der Waals surface area (Å²) in [4.78, 5) is 40.1. The molecule has 0 aliphatic carbocycles. The molecular weight excluding hydrogens is 434 g/mol. The van der Waals surface area contributed by atoms with Crippen molar-refractivity contribution in [2.45, 2.75) is 70.0 Å². The van der Waals surface area contributed by atoms with Gasteiger partial charge in [0.25, 0.3) is 0 Å². The average molecular weight is 472 g/mol. The van der Waals surface area contributed by atoms with Crippen LogP contribution in [-0.2, 0) is 19.1 Å². The number of carbonyl (C=O) groups is 3. The van der Waals surface area contributed by atoms with Crippen LogP contribution in [0.1, 0.15) is 69.4 Å². The lowest BCUT2D eigenvalue weighted by Crippen LogP contribution is -2.51. The van der Waals surface area contributed by atoms with Crippen LogP contribution in [0.5, 0.6) is 0 Å². The quantitative estimate of drug-likeness (QED) is 0.679. The van der Waals surface area contributed by atoms with Crippen molar-refractivity contribution in [2.75, 3.05) is 39.3 Å². The smallest absolute Gasteiger partial charge is 0.410 e. The van der Waals surface area contributed by atoms with Crippen molar-refractivity contribution in [3.05, 3.63) is 35.4 Å². The summed E-state index contributed by atoms with van der Waals surface area (Å²) in [6.45, 7) is 10.1. The number of ether oxygens (including phenoxy) is 2. The average Bonchev–Trinajstić information content (AvgIpc) is 2.79. The van der Waals surface area contributed by atoms with Crippen LogP contribution in [0.25, 0.3) is 0 Å².